The summed E-state index contributed by atoms with van der Waals surface area (Å²) in [7, 11) is 2.05. The van der Waals surface area contributed by atoms with Crippen molar-refractivity contribution < 1.29 is 0 Å². The van der Waals surface area contributed by atoms with Crippen LogP contribution in [0.2, 0.25) is 5.02 Å². The van der Waals surface area contributed by atoms with Gasteiger partial charge in [-0.15, -0.1) is 0 Å². The van der Waals surface area contributed by atoms with E-state index in [4.69, 9.17) is 17.3 Å². The maximum atomic E-state index is 6.00. The highest BCUT2D eigenvalue weighted by atomic mass is 35.5. The molecule has 82 valence electrons. The van der Waals surface area contributed by atoms with Crippen molar-refractivity contribution in [3.63, 3.8) is 0 Å². The molecule has 1 aliphatic carbocycles. The fourth-order valence-corrected chi connectivity index (χ4v) is 3.56. The molecule has 16 heavy (non-hydrogen) atoms. The van der Waals surface area contributed by atoms with E-state index in [0.29, 0.717) is 0 Å². The van der Waals surface area contributed by atoms with Crippen molar-refractivity contribution in [3.05, 3.63) is 50.5 Å². The number of allylic oxidation sites excluding steroid dienone is 1. The Kier molecular flexibility index (Phi) is 2.19. The first-order valence-corrected chi connectivity index (χ1v) is 6.25. The summed E-state index contributed by atoms with van der Waals surface area (Å²) < 4.78 is 0. The molecule has 1 aromatic rings. The van der Waals surface area contributed by atoms with Gasteiger partial charge >= 0.3 is 0 Å². The maximum absolute atomic E-state index is 6.00. The lowest BCUT2D eigenvalue weighted by Crippen LogP contribution is -2.11. The quantitative estimate of drug-likeness (QED) is 0.768. The van der Waals surface area contributed by atoms with Gasteiger partial charge in [-0.2, -0.15) is 0 Å². The lowest BCUT2D eigenvalue weighted by atomic mass is 10.1. The fraction of sp³-hybridized carbons (Fsp3) is 0.167. The number of hydrogen-bond donors (Lipinski definition) is 1. The van der Waals surface area contributed by atoms with Crippen LogP contribution in [-0.4, -0.2) is 11.9 Å². The van der Waals surface area contributed by atoms with Crippen LogP contribution in [0.3, 0.4) is 0 Å². The summed E-state index contributed by atoms with van der Waals surface area (Å²) >= 11 is 7.75. The van der Waals surface area contributed by atoms with Crippen molar-refractivity contribution in [2.24, 2.45) is 5.73 Å². The molecular formula is C12H11ClN2S. The molecule has 0 amide bonds. The van der Waals surface area contributed by atoms with Gasteiger partial charge in [0.25, 0.3) is 0 Å². The molecule has 0 atom stereocenters. The van der Waals surface area contributed by atoms with Gasteiger partial charge in [0.05, 0.1) is 10.7 Å². The van der Waals surface area contributed by atoms with Crippen LogP contribution < -0.4 is 5.73 Å². The third kappa shape index (κ3) is 1.28. The highest BCUT2D eigenvalue weighted by Crippen LogP contribution is 2.50. The van der Waals surface area contributed by atoms with E-state index in [2.05, 4.69) is 24.1 Å². The van der Waals surface area contributed by atoms with Crippen LogP contribution in [-0.2, 0) is 6.42 Å². The van der Waals surface area contributed by atoms with Crippen molar-refractivity contribution in [1.29, 1.82) is 0 Å². The van der Waals surface area contributed by atoms with Crippen LogP contribution in [0.4, 0.5) is 0 Å². The SMILES string of the molecule is CN1C(=CN)SC2=C1c1ccc(Cl)cc1C2. The standard InChI is InChI=1S/C12H11ClN2S/c1-15-11(6-14)16-10-5-7-4-8(13)2-3-9(7)12(10)15/h2-4,6H,5,14H2,1H3. The molecule has 0 saturated carbocycles. The Morgan fingerprint density at radius 2 is 2.31 bits per heavy atom. The van der Waals surface area contributed by atoms with Crippen LogP contribution in [0.5, 0.6) is 0 Å². The van der Waals surface area contributed by atoms with Crippen molar-refractivity contribution in [2.45, 2.75) is 6.42 Å². The number of benzene rings is 1. The monoisotopic (exact) mass is 250 g/mol. The van der Waals surface area contributed by atoms with E-state index in [1.165, 1.54) is 21.7 Å². The first-order valence-electron chi connectivity index (χ1n) is 5.06. The van der Waals surface area contributed by atoms with Crippen LogP contribution in [0, 0.1) is 0 Å². The maximum Gasteiger partial charge on any atom is 0.0953 e. The molecule has 3 rings (SSSR count). The Bertz CT molecular complexity index is 534. The summed E-state index contributed by atoms with van der Waals surface area (Å²) in [6, 6.07) is 6.09. The number of rotatable bonds is 0. The summed E-state index contributed by atoms with van der Waals surface area (Å²) in [4.78, 5) is 3.52. The van der Waals surface area contributed by atoms with Crippen molar-refractivity contribution >= 4 is 29.1 Å². The fourth-order valence-electron chi connectivity index (χ4n) is 2.25. The van der Waals surface area contributed by atoms with E-state index < -0.39 is 0 Å². The van der Waals surface area contributed by atoms with Gasteiger partial charge in [0, 0.05) is 35.2 Å². The highest BCUT2D eigenvalue weighted by Gasteiger charge is 2.32. The zero-order valence-corrected chi connectivity index (χ0v) is 10.4. The second-order valence-corrected chi connectivity index (χ2v) is 5.47. The Labute approximate surface area is 104 Å². The third-order valence-electron chi connectivity index (χ3n) is 2.97. The normalized spacial score (nSPS) is 20.6. The molecule has 1 aliphatic heterocycles. The predicted molar refractivity (Wildman–Crippen MR) is 69.7 cm³/mol. The van der Waals surface area contributed by atoms with E-state index in [1.54, 1.807) is 18.0 Å². The van der Waals surface area contributed by atoms with Gasteiger partial charge in [0.1, 0.15) is 0 Å². The van der Waals surface area contributed by atoms with Crippen LogP contribution in [0.15, 0.2) is 34.3 Å². The second kappa shape index (κ2) is 3.47. The van der Waals surface area contributed by atoms with Crippen molar-refractivity contribution in [2.75, 3.05) is 7.05 Å². The molecule has 1 heterocycles. The van der Waals surface area contributed by atoms with Gasteiger partial charge in [-0.05, 0) is 17.7 Å². The average molecular weight is 251 g/mol. The number of nitrogens with two attached hydrogens (primary N) is 1. The molecular weight excluding hydrogens is 240 g/mol. The molecule has 2 nitrogen and oxygen atoms in total. The number of thioether (sulfide) groups is 1. The first-order chi connectivity index (χ1) is 7.70. The van der Waals surface area contributed by atoms with E-state index >= 15 is 0 Å². The molecule has 2 aliphatic rings. The summed E-state index contributed by atoms with van der Waals surface area (Å²) in [6.45, 7) is 0. The van der Waals surface area contributed by atoms with Crippen molar-refractivity contribution in [3.8, 4) is 0 Å². The molecule has 2 N–H and O–H groups in total. The first kappa shape index (κ1) is 10.1. The number of halogens is 1. The van der Waals surface area contributed by atoms with Crippen LogP contribution in [0.25, 0.3) is 5.70 Å². The third-order valence-corrected chi connectivity index (χ3v) is 4.41. The van der Waals surface area contributed by atoms with Gasteiger partial charge in [0.15, 0.2) is 0 Å². The van der Waals surface area contributed by atoms with Gasteiger partial charge in [-0.25, -0.2) is 0 Å². The summed E-state index contributed by atoms with van der Waals surface area (Å²) in [5, 5.41) is 1.91. The molecule has 0 spiro atoms. The highest BCUT2D eigenvalue weighted by molar-refractivity contribution is 8.07. The molecule has 0 saturated heterocycles. The number of fused-ring (bicyclic) bond motifs is 2. The molecule has 0 radical (unpaired) electrons. The van der Waals surface area contributed by atoms with Gasteiger partial charge in [-0.1, -0.05) is 29.4 Å². The van der Waals surface area contributed by atoms with Gasteiger partial charge in [0.2, 0.25) is 0 Å². The molecule has 0 unspecified atom stereocenters. The van der Waals surface area contributed by atoms with Crippen LogP contribution in [0.1, 0.15) is 11.1 Å². The van der Waals surface area contributed by atoms with E-state index in [0.717, 1.165) is 16.5 Å². The van der Waals surface area contributed by atoms with Gasteiger partial charge < -0.3 is 10.6 Å². The Morgan fingerprint density at radius 1 is 1.50 bits per heavy atom. The molecule has 1 aromatic carbocycles. The van der Waals surface area contributed by atoms with Crippen molar-refractivity contribution in [1.82, 2.24) is 4.90 Å². The Morgan fingerprint density at radius 3 is 3.06 bits per heavy atom. The van der Waals surface area contributed by atoms with E-state index in [9.17, 15) is 0 Å². The van der Waals surface area contributed by atoms with Crippen LogP contribution >= 0.6 is 23.4 Å². The largest absolute Gasteiger partial charge is 0.402 e. The Hall–Kier alpha value is -1.06. The minimum absolute atomic E-state index is 0.808. The lowest BCUT2D eigenvalue weighted by molar-refractivity contribution is 0.646. The summed E-state index contributed by atoms with van der Waals surface area (Å²) in [5.74, 6) is 0. The topological polar surface area (TPSA) is 29.3 Å². The minimum atomic E-state index is 0.808. The number of nitrogens with zero attached hydrogens (tertiary/aromatic N) is 1. The minimum Gasteiger partial charge on any atom is -0.402 e. The summed E-state index contributed by atoms with van der Waals surface area (Å²) in [5.41, 5.74) is 9.48. The second-order valence-electron chi connectivity index (χ2n) is 3.92. The smallest absolute Gasteiger partial charge is 0.0953 e. The predicted octanol–water partition coefficient (Wildman–Crippen LogP) is 3.00. The zero-order valence-electron chi connectivity index (χ0n) is 8.83. The molecule has 0 aromatic heterocycles. The average Bonchev–Trinajstić information content (AvgIpc) is 2.75. The summed E-state index contributed by atoms with van der Waals surface area (Å²) in [6.07, 6.45) is 2.64. The number of hydrogen-bond acceptors (Lipinski definition) is 3. The molecule has 0 bridgehead atoms. The molecule has 4 heteroatoms. The molecule has 0 fully saturated rings. The van der Waals surface area contributed by atoms with Gasteiger partial charge in [-0.3, -0.25) is 0 Å². The zero-order chi connectivity index (χ0) is 11.3. The Balaban J connectivity index is 2.10. The van der Waals surface area contributed by atoms with E-state index in [-0.39, 0.29) is 0 Å². The van der Waals surface area contributed by atoms with E-state index in [1.807, 2.05) is 6.07 Å². The lowest BCUT2D eigenvalue weighted by Gasteiger charge is -2.17.